The van der Waals surface area contributed by atoms with Crippen LogP contribution in [-0.4, -0.2) is 24.5 Å². The minimum Gasteiger partial charge on any atom is -0.462 e. The van der Waals surface area contributed by atoms with Gasteiger partial charge < -0.3 is 15.8 Å². The molecular formula is C15H22N2O3S. The highest BCUT2D eigenvalue weighted by atomic mass is 32.1. The zero-order valence-electron chi connectivity index (χ0n) is 12.7. The van der Waals surface area contributed by atoms with Crippen LogP contribution in [0.25, 0.3) is 0 Å². The molecule has 116 valence electrons. The lowest BCUT2D eigenvalue weighted by Gasteiger charge is -2.10. The summed E-state index contributed by atoms with van der Waals surface area (Å²) in [7, 11) is 0. The number of rotatable bonds is 6. The lowest BCUT2D eigenvalue weighted by atomic mass is 9.98. The van der Waals surface area contributed by atoms with Crippen LogP contribution in [0, 0.1) is 5.92 Å². The number of nitrogens with one attached hydrogen (secondary N) is 1. The molecule has 1 aromatic rings. The number of nitrogen functional groups attached to an aromatic ring is 1. The van der Waals surface area contributed by atoms with E-state index in [-0.39, 0.29) is 11.9 Å². The molecule has 0 aliphatic heterocycles. The smallest absolute Gasteiger partial charge is 0.348 e. The molecule has 1 fully saturated rings. The summed E-state index contributed by atoms with van der Waals surface area (Å²) in [5.74, 6) is -0.243. The molecule has 0 unspecified atom stereocenters. The molecule has 0 aromatic carbocycles. The number of hydrogen-bond acceptors (Lipinski definition) is 5. The Kier molecular flexibility index (Phi) is 4.88. The minimum atomic E-state index is -0.393. The third kappa shape index (κ3) is 3.75. The Labute approximate surface area is 128 Å². The molecule has 1 heterocycles. The molecule has 1 aliphatic carbocycles. The van der Waals surface area contributed by atoms with Gasteiger partial charge in [-0.05, 0) is 37.7 Å². The first-order valence-corrected chi connectivity index (χ1v) is 8.14. The number of carbonyl (C=O) groups is 2. The number of carbonyl (C=O) groups excluding carboxylic acids is 2. The van der Waals surface area contributed by atoms with E-state index in [0.717, 1.165) is 29.7 Å². The van der Waals surface area contributed by atoms with Gasteiger partial charge in [0.1, 0.15) is 4.88 Å². The van der Waals surface area contributed by atoms with E-state index in [2.05, 4.69) is 5.32 Å². The molecule has 5 nitrogen and oxygen atoms in total. The van der Waals surface area contributed by atoms with Crippen molar-refractivity contribution in [3.05, 3.63) is 16.0 Å². The molecule has 2 rings (SSSR count). The molecule has 0 spiro atoms. The fourth-order valence-electron chi connectivity index (χ4n) is 2.18. The molecule has 6 heteroatoms. The molecule has 0 bridgehead atoms. The van der Waals surface area contributed by atoms with Crippen LogP contribution in [0.1, 0.15) is 59.2 Å². The van der Waals surface area contributed by atoms with Crippen LogP contribution in [0.3, 0.4) is 0 Å². The van der Waals surface area contributed by atoms with E-state index >= 15 is 0 Å². The quantitative estimate of drug-likeness (QED) is 0.791. The second-order valence-electron chi connectivity index (χ2n) is 5.72. The Morgan fingerprint density at radius 3 is 2.62 bits per heavy atom. The van der Waals surface area contributed by atoms with Crippen molar-refractivity contribution in [2.24, 2.45) is 5.92 Å². The van der Waals surface area contributed by atoms with Crippen LogP contribution in [0.15, 0.2) is 0 Å². The summed E-state index contributed by atoms with van der Waals surface area (Å²) in [5.41, 5.74) is 7.19. The number of amides is 1. The monoisotopic (exact) mass is 310 g/mol. The molecule has 1 aliphatic rings. The van der Waals surface area contributed by atoms with Crippen LogP contribution in [0.2, 0.25) is 0 Å². The van der Waals surface area contributed by atoms with E-state index in [1.807, 2.05) is 13.8 Å². The maximum Gasteiger partial charge on any atom is 0.348 e. The van der Waals surface area contributed by atoms with Crippen molar-refractivity contribution in [2.75, 3.05) is 12.3 Å². The minimum absolute atomic E-state index is 0.169. The van der Waals surface area contributed by atoms with Crippen molar-refractivity contribution in [1.29, 1.82) is 0 Å². The lowest BCUT2D eigenvalue weighted by Crippen LogP contribution is -2.27. The van der Waals surface area contributed by atoms with Gasteiger partial charge in [0.25, 0.3) is 5.91 Å². The van der Waals surface area contributed by atoms with E-state index in [4.69, 9.17) is 10.5 Å². The number of esters is 1. The highest BCUT2D eigenvalue weighted by molar-refractivity contribution is 7.18. The molecule has 1 amide bonds. The summed E-state index contributed by atoms with van der Waals surface area (Å²) in [6.45, 7) is 6.16. The fourth-order valence-corrected chi connectivity index (χ4v) is 3.17. The van der Waals surface area contributed by atoms with Crippen LogP contribution in [-0.2, 0) is 11.2 Å². The fraction of sp³-hybridized carbons (Fsp3) is 0.600. The summed E-state index contributed by atoms with van der Waals surface area (Å²) in [6, 6.07) is 0.259. The molecular weight excluding hydrogens is 288 g/mol. The predicted octanol–water partition coefficient (Wildman–Crippen LogP) is 2.60. The van der Waals surface area contributed by atoms with Gasteiger partial charge in [-0.25, -0.2) is 4.79 Å². The van der Waals surface area contributed by atoms with Crippen molar-refractivity contribution in [2.45, 2.75) is 46.1 Å². The normalized spacial score (nSPS) is 14.3. The molecule has 3 N–H and O–H groups in total. The van der Waals surface area contributed by atoms with Crippen molar-refractivity contribution >= 4 is 28.2 Å². The number of anilines is 1. The second kappa shape index (κ2) is 6.47. The molecule has 21 heavy (non-hydrogen) atoms. The second-order valence-corrected chi connectivity index (χ2v) is 6.77. The highest BCUT2D eigenvalue weighted by Gasteiger charge is 2.30. The first kappa shape index (κ1) is 15.8. The summed E-state index contributed by atoms with van der Waals surface area (Å²) < 4.78 is 5.08. The van der Waals surface area contributed by atoms with Crippen molar-refractivity contribution < 1.29 is 14.3 Å². The Hall–Kier alpha value is -1.56. The average molecular weight is 310 g/mol. The maximum absolute atomic E-state index is 12.4. The number of thiophene rings is 1. The maximum atomic E-state index is 12.4. The first-order valence-electron chi connectivity index (χ1n) is 7.33. The van der Waals surface area contributed by atoms with E-state index in [9.17, 15) is 9.59 Å². The van der Waals surface area contributed by atoms with Crippen LogP contribution in [0.4, 0.5) is 5.00 Å². The van der Waals surface area contributed by atoms with Gasteiger partial charge in [0.05, 0.1) is 17.2 Å². The van der Waals surface area contributed by atoms with E-state index in [1.165, 1.54) is 0 Å². The van der Waals surface area contributed by atoms with Gasteiger partial charge in [0, 0.05) is 6.04 Å². The number of hydrogen-bond donors (Lipinski definition) is 2. The van der Waals surface area contributed by atoms with Crippen molar-refractivity contribution in [1.82, 2.24) is 5.32 Å². The first-order chi connectivity index (χ1) is 9.93. The molecule has 1 saturated carbocycles. The van der Waals surface area contributed by atoms with E-state index < -0.39 is 5.97 Å². The highest BCUT2D eigenvalue weighted by Crippen LogP contribution is 2.34. The third-order valence-corrected chi connectivity index (χ3v) is 4.29. The number of ether oxygens (including phenoxy) is 1. The van der Waals surface area contributed by atoms with Gasteiger partial charge in [-0.1, -0.05) is 13.8 Å². The van der Waals surface area contributed by atoms with E-state index in [0.29, 0.717) is 34.4 Å². The largest absolute Gasteiger partial charge is 0.462 e. The topological polar surface area (TPSA) is 81.4 Å². The van der Waals surface area contributed by atoms with Crippen LogP contribution >= 0.6 is 11.3 Å². The molecule has 1 aromatic heterocycles. The van der Waals surface area contributed by atoms with Crippen molar-refractivity contribution in [3.63, 3.8) is 0 Å². The Bertz CT molecular complexity index is 547. The summed E-state index contributed by atoms with van der Waals surface area (Å²) in [5, 5.41) is 3.34. The van der Waals surface area contributed by atoms with Gasteiger partial charge >= 0.3 is 5.97 Å². The summed E-state index contributed by atoms with van der Waals surface area (Å²) in [4.78, 5) is 24.9. The van der Waals surface area contributed by atoms with E-state index in [1.54, 1.807) is 6.92 Å². The predicted molar refractivity (Wildman–Crippen MR) is 83.7 cm³/mol. The SMILES string of the molecule is CCOC(=O)c1sc(N)c(C(=O)NC2CC2)c1CC(C)C. The van der Waals surface area contributed by atoms with Gasteiger partial charge in [-0.2, -0.15) is 0 Å². The Morgan fingerprint density at radius 2 is 2.10 bits per heavy atom. The zero-order valence-corrected chi connectivity index (χ0v) is 13.5. The standard InChI is InChI=1S/C15H22N2O3S/c1-4-20-15(19)12-10(7-8(2)3)11(13(16)21-12)14(18)17-9-5-6-9/h8-9H,4-7,16H2,1-3H3,(H,17,18). The molecule has 0 radical (unpaired) electrons. The van der Waals surface area contributed by atoms with Crippen molar-refractivity contribution in [3.8, 4) is 0 Å². The lowest BCUT2D eigenvalue weighted by molar-refractivity contribution is 0.0531. The van der Waals surface area contributed by atoms with Crippen LogP contribution in [0.5, 0.6) is 0 Å². The summed E-state index contributed by atoms with van der Waals surface area (Å²) >= 11 is 1.15. The van der Waals surface area contributed by atoms with Gasteiger partial charge in [0.2, 0.25) is 0 Å². The average Bonchev–Trinajstić information content (AvgIpc) is 3.13. The van der Waals surface area contributed by atoms with Gasteiger partial charge in [0.15, 0.2) is 0 Å². The van der Waals surface area contributed by atoms with Crippen LogP contribution < -0.4 is 11.1 Å². The third-order valence-electron chi connectivity index (χ3n) is 3.25. The van der Waals surface area contributed by atoms with Gasteiger partial charge in [-0.15, -0.1) is 11.3 Å². The summed E-state index contributed by atoms with van der Waals surface area (Å²) in [6.07, 6.45) is 2.66. The Balaban J connectivity index is 2.36. The number of nitrogens with two attached hydrogens (primary N) is 1. The molecule has 0 saturated heterocycles. The Morgan fingerprint density at radius 1 is 1.43 bits per heavy atom. The molecule has 0 atom stereocenters. The van der Waals surface area contributed by atoms with Gasteiger partial charge in [-0.3, -0.25) is 4.79 Å². The zero-order chi connectivity index (χ0) is 15.6.